The zero-order valence-corrected chi connectivity index (χ0v) is 11.3. The zero-order chi connectivity index (χ0) is 14.8. The highest BCUT2D eigenvalue weighted by Crippen LogP contribution is 2.28. The van der Waals surface area contributed by atoms with E-state index in [0.717, 1.165) is 11.0 Å². The van der Waals surface area contributed by atoms with E-state index in [0.29, 0.717) is 23.2 Å². The zero-order valence-electron chi connectivity index (χ0n) is 11.3. The van der Waals surface area contributed by atoms with Crippen molar-refractivity contribution in [2.45, 2.75) is 6.42 Å². The van der Waals surface area contributed by atoms with Crippen molar-refractivity contribution >= 4 is 16.7 Å². The van der Waals surface area contributed by atoms with Gasteiger partial charge in [0.2, 0.25) is 5.88 Å². The van der Waals surface area contributed by atoms with Crippen molar-refractivity contribution in [3.8, 4) is 17.8 Å². The van der Waals surface area contributed by atoms with E-state index in [1.807, 2.05) is 24.3 Å². The first-order valence-electron chi connectivity index (χ1n) is 6.24. The van der Waals surface area contributed by atoms with Crippen molar-refractivity contribution in [1.29, 1.82) is 5.26 Å². The van der Waals surface area contributed by atoms with Gasteiger partial charge in [-0.15, -0.1) is 0 Å². The maximum Gasteiger partial charge on any atom is 0.242 e. The molecule has 0 radical (unpaired) electrons. The summed E-state index contributed by atoms with van der Waals surface area (Å²) in [4.78, 5) is 12.6. The maximum absolute atomic E-state index is 8.99. The highest BCUT2D eigenvalue weighted by Gasteiger charge is 2.17. The number of benzene rings is 1. The number of nitrogen functional groups attached to an aromatic ring is 1. The molecule has 1 aromatic carbocycles. The molecule has 0 saturated carbocycles. The van der Waals surface area contributed by atoms with Gasteiger partial charge in [0.15, 0.2) is 5.82 Å². The van der Waals surface area contributed by atoms with Crippen LogP contribution in [-0.2, 0) is 6.42 Å². The molecule has 104 valence electrons. The predicted octanol–water partition coefficient (Wildman–Crippen LogP) is 1.47. The molecule has 2 N–H and O–H groups in total. The third-order valence-electron chi connectivity index (χ3n) is 3.10. The summed E-state index contributed by atoms with van der Waals surface area (Å²) < 4.78 is 6.88. The number of ether oxygens (including phenoxy) is 1. The number of nitrogens with zero attached hydrogens (tertiary/aromatic N) is 5. The molecule has 21 heavy (non-hydrogen) atoms. The van der Waals surface area contributed by atoms with Crippen molar-refractivity contribution in [1.82, 2.24) is 19.5 Å². The quantitative estimate of drug-likeness (QED) is 0.779. The van der Waals surface area contributed by atoms with Gasteiger partial charge in [-0.25, -0.2) is 9.97 Å². The Labute approximate surface area is 120 Å². The Kier molecular flexibility index (Phi) is 3.12. The van der Waals surface area contributed by atoms with E-state index in [1.54, 1.807) is 4.57 Å². The Morgan fingerprint density at radius 1 is 1.33 bits per heavy atom. The molecule has 0 aliphatic rings. The summed E-state index contributed by atoms with van der Waals surface area (Å²) >= 11 is 0. The third kappa shape index (κ3) is 2.03. The number of hydrogen-bond acceptors (Lipinski definition) is 6. The van der Waals surface area contributed by atoms with Crippen LogP contribution in [0, 0.1) is 11.3 Å². The first-order chi connectivity index (χ1) is 10.3. The van der Waals surface area contributed by atoms with Crippen molar-refractivity contribution in [3.63, 3.8) is 0 Å². The minimum absolute atomic E-state index is 0.153. The number of nitrogens with two attached hydrogens (primary N) is 1. The number of imidazole rings is 1. The molecule has 0 atom stereocenters. The summed E-state index contributed by atoms with van der Waals surface area (Å²) in [6.45, 7) is 0. The number of para-hydroxylation sites is 2. The molecule has 0 spiro atoms. The van der Waals surface area contributed by atoms with Crippen molar-refractivity contribution in [2.75, 3.05) is 12.8 Å². The van der Waals surface area contributed by atoms with Gasteiger partial charge >= 0.3 is 0 Å². The van der Waals surface area contributed by atoms with Gasteiger partial charge < -0.3 is 10.5 Å². The molecule has 0 bridgehead atoms. The Balaban J connectivity index is 2.33. The minimum Gasteiger partial charge on any atom is -0.479 e. The molecular formula is C14H12N6O. The topological polar surface area (TPSA) is 103 Å². The fraction of sp³-hybridized carbons (Fsp3) is 0.143. The van der Waals surface area contributed by atoms with Crippen LogP contribution in [0.15, 0.2) is 30.6 Å². The summed E-state index contributed by atoms with van der Waals surface area (Å²) in [5, 5.41) is 8.99. The molecule has 7 nitrogen and oxygen atoms in total. The fourth-order valence-electron chi connectivity index (χ4n) is 2.21. The first kappa shape index (κ1) is 12.9. The lowest BCUT2D eigenvalue weighted by Gasteiger charge is -2.11. The van der Waals surface area contributed by atoms with E-state index in [1.165, 1.54) is 13.4 Å². The molecule has 7 heteroatoms. The summed E-state index contributed by atoms with van der Waals surface area (Å²) in [5.41, 5.74) is 7.97. The highest BCUT2D eigenvalue weighted by atomic mass is 16.5. The lowest BCUT2D eigenvalue weighted by Crippen LogP contribution is -2.08. The van der Waals surface area contributed by atoms with Crippen LogP contribution in [0.5, 0.6) is 5.88 Å². The molecule has 0 saturated heterocycles. The van der Waals surface area contributed by atoms with Crippen molar-refractivity contribution in [3.05, 3.63) is 36.4 Å². The van der Waals surface area contributed by atoms with E-state index < -0.39 is 0 Å². The molecule has 0 aliphatic heterocycles. The SMILES string of the molecule is COc1ncnc(-n2c(CC#N)nc3ccccc32)c1N. The molecule has 0 aliphatic carbocycles. The standard InChI is InChI=1S/C14H12N6O/c1-21-14-12(16)13(17-8-18-14)20-10-5-3-2-4-9(10)19-11(20)6-7-15/h2-5,8H,6,16H2,1H3. The summed E-state index contributed by atoms with van der Waals surface area (Å²) in [6, 6.07) is 9.66. The lowest BCUT2D eigenvalue weighted by molar-refractivity contribution is 0.399. The largest absolute Gasteiger partial charge is 0.479 e. The average molecular weight is 280 g/mol. The molecule has 2 aromatic heterocycles. The Morgan fingerprint density at radius 3 is 2.90 bits per heavy atom. The number of anilines is 1. The van der Waals surface area contributed by atoms with E-state index in [2.05, 4.69) is 21.0 Å². The van der Waals surface area contributed by atoms with Gasteiger partial charge in [0.1, 0.15) is 17.8 Å². The van der Waals surface area contributed by atoms with Crippen LogP contribution in [0.25, 0.3) is 16.9 Å². The summed E-state index contributed by atoms with van der Waals surface area (Å²) in [5.74, 6) is 1.33. The Bertz CT molecular complexity index is 848. The number of rotatable bonds is 3. The van der Waals surface area contributed by atoms with Gasteiger partial charge in [-0.05, 0) is 12.1 Å². The second kappa shape index (κ2) is 5.09. The monoisotopic (exact) mass is 280 g/mol. The molecule has 0 fully saturated rings. The van der Waals surface area contributed by atoms with Gasteiger partial charge in [0.05, 0.1) is 30.6 Å². The van der Waals surface area contributed by atoms with Crippen molar-refractivity contribution < 1.29 is 4.74 Å². The average Bonchev–Trinajstić information content (AvgIpc) is 2.86. The van der Waals surface area contributed by atoms with Gasteiger partial charge in [0, 0.05) is 0 Å². The van der Waals surface area contributed by atoms with Crippen LogP contribution < -0.4 is 10.5 Å². The van der Waals surface area contributed by atoms with Gasteiger partial charge in [0.25, 0.3) is 0 Å². The highest BCUT2D eigenvalue weighted by molar-refractivity contribution is 5.79. The van der Waals surface area contributed by atoms with Crippen LogP contribution in [0.4, 0.5) is 5.69 Å². The summed E-state index contributed by atoms with van der Waals surface area (Å²) in [6.07, 6.45) is 1.52. The van der Waals surface area contributed by atoms with E-state index >= 15 is 0 Å². The molecule has 3 rings (SSSR count). The first-order valence-corrected chi connectivity index (χ1v) is 6.24. The number of hydrogen-bond donors (Lipinski definition) is 1. The van der Waals surface area contributed by atoms with Gasteiger partial charge in [-0.2, -0.15) is 10.2 Å². The van der Waals surface area contributed by atoms with E-state index in [9.17, 15) is 0 Å². The van der Waals surface area contributed by atoms with E-state index in [-0.39, 0.29) is 6.42 Å². The molecule has 0 amide bonds. The number of fused-ring (bicyclic) bond motifs is 1. The Hall–Kier alpha value is -3.14. The fourth-order valence-corrected chi connectivity index (χ4v) is 2.21. The van der Waals surface area contributed by atoms with Gasteiger partial charge in [-0.3, -0.25) is 4.57 Å². The smallest absolute Gasteiger partial charge is 0.242 e. The third-order valence-corrected chi connectivity index (χ3v) is 3.10. The van der Waals surface area contributed by atoms with Crippen LogP contribution in [-0.4, -0.2) is 26.6 Å². The van der Waals surface area contributed by atoms with Crippen LogP contribution >= 0.6 is 0 Å². The lowest BCUT2D eigenvalue weighted by atomic mass is 10.3. The van der Waals surface area contributed by atoms with Crippen LogP contribution in [0.1, 0.15) is 5.82 Å². The summed E-state index contributed by atoms with van der Waals surface area (Å²) in [7, 11) is 1.49. The predicted molar refractivity (Wildman–Crippen MR) is 76.9 cm³/mol. The Morgan fingerprint density at radius 2 is 2.14 bits per heavy atom. The minimum atomic E-state index is 0.153. The van der Waals surface area contributed by atoms with E-state index in [4.69, 9.17) is 15.7 Å². The van der Waals surface area contributed by atoms with Crippen LogP contribution in [0.2, 0.25) is 0 Å². The second-order valence-corrected chi connectivity index (χ2v) is 4.31. The number of aromatic nitrogens is 4. The maximum atomic E-state index is 8.99. The van der Waals surface area contributed by atoms with Gasteiger partial charge in [-0.1, -0.05) is 12.1 Å². The molecule has 3 aromatic rings. The number of methoxy groups -OCH3 is 1. The molecule has 2 heterocycles. The van der Waals surface area contributed by atoms with Crippen LogP contribution in [0.3, 0.4) is 0 Å². The van der Waals surface area contributed by atoms with Crippen molar-refractivity contribution in [2.24, 2.45) is 0 Å². The normalized spacial score (nSPS) is 10.5. The second-order valence-electron chi connectivity index (χ2n) is 4.31. The number of nitriles is 1. The molecular weight excluding hydrogens is 268 g/mol. The molecule has 0 unspecified atom stereocenters.